The van der Waals surface area contributed by atoms with E-state index in [-0.39, 0.29) is 52.0 Å². The molecule has 2 N–H and O–H groups in total. The quantitative estimate of drug-likeness (QED) is 0.314. The smallest absolute Gasteiger partial charge is 0.434 e. The Bertz CT molecular complexity index is 1420. The Balaban J connectivity index is 2.10. The number of rotatable bonds is 9. The van der Waals surface area contributed by atoms with Gasteiger partial charge >= 0.3 is 24.1 Å². The van der Waals surface area contributed by atoms with Crippen molar-refractivity contribution in [3.63, 3.8) is 0 Å². The summed E-state index contributed by atoms with van der Waals surface area (Å²) in [6, 6.07) is 2.14. The number of hydrogen-bond acceptors (Lipinski definition) is 10. The van der Waals surface area contributed by atoms with E-state index in [1.165, 1.54) is 31.6 Å². The number of aromatic nitrogens is 3. The third-order valence-corrected chi connectivity index (χ3v) is 5.91. The number of amides is 2. The van der Waals surface area contributed by atoms with Gasteiger partial charge in [-0.1, -0.05) is 0 Å². The van der Waals surface area contributed by atoms with E-state index in [9.17, 15) is 27.6 Å². The number of thiazole rings is 1. The normalized spacial score (nSPS) is 11.5. The average Bonchev–Trinajstić information content (AvgIpc) is 3.39. The molecule has 3 aromatic heterocycles. The van der Waals surface area contributed by atoms with E-state index < -0.39 is 35.4 Å². The largest absolute Gasteiger partial charge is 0.477 e. The standard InChI is InChI=1S/C26H28F3N5O6S/c1-6-30-24(37)34-19-10-16(22-33-18(13-41-22)26(27,28)29)17(12-31-19)15-9-14(23(36)38-5)11-32-21(15)39-8-7-20(35)40-25(2,3)4/h9-13H,6-8H2,1-5H3,(H2,30,31,34,37). The maximum Gasteiger partial charge on any atom is 0.434 e. The molecule has 3 rings (SSSR count). The topological polar surface area (TPSA) is 142 Å². The lowest BCUT2D eigenvalue weighted by Crippen LogP contribution is -2.28. The van der Waals surface area contributed by atoms with Crippen molar-refractivity contribution in [2.24, 2.45) is 0 Å². The summed E-state index contributed by atoms with van der Waals surface area (Å²) in [5, 5.41) is 5.86. The second kappa shape index (κ2) is 12.9. The number of nitrogens with one attached hydrogen (secondary N) is 2. The molecule has 3 aromatic rings. The molecule has 0 spiro atoms. The van der Waals surface area contributed by atoms with Gasteiger partial charge in [0, 0.05) is 41.0 Å². The minimum Gasteiger partial charge on any atom is -0.477 e. The Kier molecular flexibility index (Phi) is 9.86. The molecule has 0 saturated heterocycles. The maximum atomic E-state index is 13.4. The number of pyridine rings is 2. The zero-order chi connectivity index (χ0) is 30.4. The van der Waals surface area contributed by atoms with Crippen LogP contribution in [0.3, 0.4) is 0 Å². The number of methoxy groups -OCH3 is 1. The third kappa shape index (κ3) is 8.61. The fourth-order valence-corrected chi connectivity index (χ4v) is 4.23. The summed E-state index contributed by atoms with van der Waals surface area (Å²) >= 11 is 0.723. The number of ether oxygens (including phenoxy) is 3. The maximum absolute atomic E-state index is 13.4. The van der Waals surface area contributed by atoms with Crippen molar-refractivity contribution < 1.29 is 41.8 Å². The van der Waals surface area contributed by atoms with Gasteiger partial charge in [-0.05, 0) is 39.8 Å². The zero-order valence-corrected chi connectivity index (χ0v) is 23.7. The molecule has 11 nitrogen and oxygen atoms in total. The van der Waals surface area contributed by atoms with E-state index in [0.717, 1.165) is 16.7 Å². The summed E-state index contributed by atoms with van der Waals surface area (Å²) < 4.78 is 55.9. The van der Waals surface area contributed by atoms with Crippen LogP contribution in [0.25, 0.3) is 21.7 Å². The van der Waals surface area contributed by atoms with Gasteiger partial charge in [0.25, 0.3) is 0 Å². The van der Waals surface area contributed by atoms with Crippen LogP contribution in [0.15, 0.2) is 29.9 Å². The molecule has 0 aromatic carbocycles. The number of alkyl halides is 3. The molecule has 0 saturated carbocycles. The summed E-state index contributed by atoms with van der Waals surface area (Å²) in [7, 11) is 1.18. The lowest BCUT2D eigenvalue weighted by atomic mass is 10.0. The molecule has 3 heterocycles. The Morgan fingerprint density at radius 2 is 1.76 bits per heavy atom. The number of urea groups is 1. The second-order valence-electron chi connectivity index (χ2n) is 9.39. The van der Waals surface area contributed by atoms with Gasteiger partial charge in [-0.3, -0.25) is 10.1 Å². The molecule has 15 heteroatoms. The molecule has 0 unspecified atom stereocenters. The van der Waals surface area contributed by atoms with Crippen LogP contribution in [0.5, 0.6) is 5.88 Å². The highest BCUT2D eigenvalue weighted by atomic mass is 32.1. The van der Waals surface area contributed by atoms with Crippen molar-refractivity contribution in [3.05, 3.63) is 41.2 Å². The molecule has 0 fully saturated rings. The first kappa shape index (κ1) is 31.3. The van der Waals surface area contributed by atoms with Crippen LogP contribution in [0, 0.1) is 0 Å². The fourth-order valence-electron chi connectivity index (χ4n) is 3.38. The highest BCUT2D eigenvalue weighted by Gasteiger charge is 2.34. The highest BCUT2D eigenvalue weighted by Crippen LogP contribution is 2.41. The van der Waals surface area contributed by atoms with E-state index in [1.54, 1.807) is 27.7 Å². The molecule has 2 amide bonds. The first-order valence-electron chi connectivity index (χ1n) is 12.2. The number of halogens is 3. The van der Waals surface area contributed by atoms with Gasteiger partial charge in [-0.2, -0.15) is 13.2 Å². The van der Waals surface area contributed by atoms with Crippen molar-refractivity contribution in [2.45, 2.75) is 45.9 Å². The van der Waals surface area contributed by atoms with Gasteiger partial charge in [0.15, 0.2) is 5.69 Å². The van der Waals surface area contributed by atoms with Crippen molar-refractivity contribution in [2.75, 3.05) is 25.6 Å². The lowest BCUT2D eigenvalue weighted by molar-refractivity contribution is -0.155. The van der Waals surface area contributed by atoms with E-state index in [4.69, 9.17) is 14.2 Å². The van der Waals surface area contributed by atoms with Crippen LogP contribution < -0.4 is 15.4 Å². The van der Waals surface area contributed by atoms with E-state index >= 15 is 0 Å². The SMILES string of the molecule is CCNC(=O)Nc1cc(-c2nc(C(F)(F)F)cs2)c(-c2cc(C(=O)OC)cnc2OCCC(=O)OC(C)(C)C)cn1. The first-order chi connectivity index (χ1) is 19.2. The molecule has 0 atom stereocenters. The molecule has 0 bridgehead atoms. The van der Waals surface area contributed by atoms with Crippen LogP contribution in [0.4, 0.5) is 23.8 Å². The predicted octanol–water partition coefficient (Wildman–Crippen LogP) is 5.32. The Hall–Kier alpha value is -4.27. The number of anilines is 1. The fraction of sp³-hybridized carbons (Fsp3) is 0.385. The van der Waals surface area contributed by atoms with Crippen molar-refractivity contribution in [1.29, 1.82) is 0 Å². The number of esters is 2. The van der Waals surface area contributed by atoms with Gasteiger partial charge < -0.3 is 19.5 Å². The zero-order valence-electron chi connectivity index (χ0n) is 22.8. The second-order valence-corrected chi connectivity index (χ2v) is 10.2. The summed E-state index contributed by atoms with van der Waals surface area (Å²) in [4.78, 5) is 48.6. The number of carbonyl (C=O) groups excluding carboxylic acids is 3. The molecular formula is C26H28F3N5O6S. The molecular weight excluding hydrogens is 567 g/mol. The molecule has 0 radical (unpaired) electrons. The number of nitrogens with zero attached hydrogens (tertiary/aromatic N) is 3. The Morgan fingerprint density at radius 1 is 1.02 bits per heavy atom. The number of hydrogen-bond donors (Lipinski definition) is 2. The van der Waals surface area contributed by atoms with Crippen LogP contribution in [-0.4, -0.2) is 58.8 Å². The third-order valence-electron chi connectivity index (χ3n) is 5.04. The first-order valence-corrected chi connectivity index (χ1v) is 13.1. The van der Waals surface area contributed by atoms with Gasteiger partial charge in [0.05, 0.1) is 19.1 Å². The summed E-state index contributed by atoms with van der Waals surface area (Å²) in [6.07, 6.45) is -2.34. The average molecular weight is 596 g/mol. The van der Waals surface area contributed by atoms with Crippen LogP contribution in [-0.2, 0) is 20.4 Å². The van der Waals surface area contributed by atoms with Crippen molar-refractivity contribution >= 4 is 35.1 Å². The number of carbonyl (C=O) groups is 3. The van der Waals surface area contributed by atoms with E-state index in [0.29, 0.717) is 6.54 Å². The van der Waals surface area contributed by atoms with Gasteiger partial charge in [0.1, 0.15) is 23.0 Å². The Morgan fingerprint density at radius 3 is 2.37 bits per heavy atom. The molecule has 0 aliphatic rings. The van der Waals surface area contributed by atoms with E-state index in [2.05, 4.69) is 25.6 Å². The van der Waals surface area contributed by atoms with Gasteiger partial charge in [-0.15, -0.1) is 11.3 Å². The van der Waals surface area contributed by atoms with E-state index in [1.807, 2.05) is 0 Å². The molecule has 0 aliphatic carbocycles. The predicted molar refractivity (Wildman–Crippen MR) is 144 cm³/mol. The van der Waals surface area contributed by atoms with Crippen molar-refractivity contribution in [1.82, 2.24) is 20.3 Å². The summed E-state index contributed by atoms with van der Waals surface area (Å²) in [5.74, 6) is -1.25. The van der Waals surface area contributed by atoms with Crippen LogP contribution in [0.2, 0.25) is 0 Å². The monoisotopic (exact) mass is 595 g/mol. The van der Waals surface area contributed by atoms with Gasteiger partial charge in [0.2, 0.25) is 5.88 Å². The van der Waals surface area contributed by atoms with Crippen LogP contribution >= 0.6 is 11.3 Å². The van der Waals surface area contributed by atoms with Crippen LogP contribution in [0.1, 0.15) is 50.2 Å². The minimum atomic E-state index is -4.69. The Labute approximate surface area is 237 Å². The molecule has 41 heavy (non-hydrogen) atoms. The summed E-state index contributed by atoms with van der Waals surface area (Å²) in [5.41, 5.74) is -1.28. The van der Waals surface area contributed by atoms with Gasteiger partial charge in [-0.25, -0.2) is 24.5 Å². The molecule has 220 valence electrons. The highest BCUT2D eigenvalue weighted by molar-refractivity contribution is 7.13. The summed E-state index contributed by atoms with van der Waals surface area (Å²) in [6.45, 7) is 7.05. The minimum absolute atomic E-state index is 0.0209. The lowest BCUT2D eigenvalue weighted by Gasteiger charge is -2.19. The van der Waals surface area contributed by atoms with Crippen molar-refractivity contribution in [3.8, 4) is 27.6 Å². The molecule has 0 aliphatic heterocycles.